The number of fused-ring (bicyclic) bond motifs is 7. The first-order chi connectivity index (χ1) is 27.3. The van der Waals surface area contributed by atoms with Gasteiger partial charge in [0.2, 0.25) is 0 Å². The van der Waals surface area contributed by atoms with Crippen LogP contribution in [-0.2, 0) is 0 Å². The summed E-state index contributed by atoms with van der Waals surface area (Å²) in [5.74, 6) is 0. The van der Waals surface area contributed by atoms with Crippen LogP contribution in [0.1, 0.15) is 0 Å². The molecule has 0 spiro atoms. The first kappa shape index (κ1) is 32.3. The highest BCUT2D eigenvalue weighted by Gasteiger charge is 2.13. The SMILES string of the molecule is c1ccc(-c2cccc3c2oc2ccccc23)cc1.c1ccc2c(-c3ccc(Nc4ccc(-c5cccc6c5oc5ccccc56)cc4)cc3)cccc2c1. The Balaban J connectivity index is 0.000000164. The Morgan fingerprint density at radius 1 is 0.273 bits per heavy atom. The summed E-state index contributed by atoms with van der Waals surface area (Å²) in [6.45, 7) is 0. The van der Waals surface area contributed by atoms with Gasteiger partial charge in [-0.05, 0) is 69.4 Å². The highest BCUT2D eigenvalue weighted by atomic mass is 16.3. The van der Waals surface area contributed by atoms with Crippen LogP contribution in [-0.4, -0.2) is 0 Å². The third-order valence-electron chi connectivity index (χ3n) is 10.4. The molecule has 11 rings (SSSR count). The summed E-state index contributed by atoms with van der Waals surface area (Å²) in [5.41, 5.74) is 12.9. The first-order valence-electron chi connectivity index (χ1n) is 18.6. The van der Waals surface area contributed by atoms with Gasteiger partial charge in [-0.15, -0.1) is 0 Å². The second-order valence-electron chi connectivity index (χ2n) is 13.7. The molecule has 2 aromatic heterocycles. The fourth-order valence-corrected chi connectivity index (χ4v) is 7.68. The van der Waals surface area contributed by atoms with E-state index in [0.717, 1.165) is 61.2 Å². The molecule has 3 nitrogen and oxygen atoms in total. The highest BCUT2D eigenvalue weighted by molar-refractivity contribution is 6.10. The number of anilines is 2. The quantitative estimate of drug-likeness (QED) is 0.194. The predicted molar refractivity (Wildman–Crippen MR) is 231 cm³/mol. The maximum absolute atomic E-state index is 6.22. The molecule has 0 radical (unpaired) electrons. The average Bonchev–Trinajstić information content (AvgIpc) is 3.84. The Morgan fingerprint density at radius 2 is 0.673 bits per heavy atom. The third-order valence-corrected chi connectivity index (χ3v) is 10.4. The predicted octanol–water partition coefficient (Wildman–Crippen LogP) is 15.1. The van der Waals surface area contributed by atoms with Crippen molar-refractivity contribution in [1.29, 1.82) is 0 Å². The number of hydrogen-bond donors (Lipinski definition) is 1. The van der Waals surface area contributed by atoms with Crippen LogP contribution < -0.4 is 5.32 Å². The standard InChI is InChI=1S/C34H23NO.C18H12O/c1-2-9-28-23(7-1)8-5-11-29(28)24-15-19-26(20-16-24)35-27-21-17-25(18-22-27)30-12-6-13-32-31-10-3-4-14-33(31)36-34(30)32;1-2-7-13(8-3-1)14-10-6-11-16-15-9-4-5-12-17(15)19-18(14)16/h1-22,35H;1-12H. The van der Waals surface area contributed by atoms with Gasteiger partial charge in [-0.1, -0.05) is 170 Å². The van der Waals surface area contributed by atoms with Gasteiger partial charge in [-0.2, -0.15) is 0 Å². The van der Waals surface area contributed by atoms with Crippen LogP contribution in [0, 0.1) is 0 Å². The number of nitrogens with one attached hydrogen (secondary N) is 1. The molecule has 0 aliphatic heterocycles. The third kappa shape index (κ3) is 6.08. The minimum absolute atomic E-state index is 0.921. The lowest BCUT2D eigenvalue weighted by molar-refractivity contribution is 0.669. The van der Waals surface area contributed by atoms with Crippen molar-refractivity contribution in [1.82, 2.24) is 0 Å². The molecule has 0 aliphatic carbocycles. The fourth-order valence-electron chi connectivity index (χ4n) is 7.68. The van der Waals surface area contributed by atoms with E-state index in [0.29, 0.717) is 0 Å². The summed E-state index contributed by atoms with van der Waals surface area (Å²) in [7, 11) is 0. The maximum Gasteiger partial charge on any atom is 0.143 e. The van der Waals surface area contributed by atoms with E-state index in [1.54, 1.807) is 0 Å². The Labute approximate surface area is 318 Å². The Kier molecular flexibility index (Phi) is 8.16. The van der Waals surface area contributed by atoms with Gasteiger partial charge in [0.25, 0.3) is 0 Å². The molecule has 1 N–H and O–H groups in total. The summed E-state index contributed by atoms with van der Waals surface area (Å²) < 4.78 is 12.3. The molecule has 3 heteroatoms. The molecular weight excluding hydrogens is 671 g/mol. The van der Waals surface area contributed by atoms with E-state index < -0.39 is 0 Å². The summed E-state index contributed by atoms with van der Waals surface area (Å²) in [5, 5.41) is 10.7. The fraction of sp³-hybridized carbons (Fsp3) is 0. The second-order valence-corrected chi connectivity index (χ2v) is 13.7. The first-order valence-corrected chi connectivity index (χ1v) is 18.6. The zero-order valence-electron chi connectivity index (χ0n) is 29.9. The Hall–Kier alpha value is -7.36. The number of benzene rings is 9. The van der Waals surface area contributed by atoms with E-state index in [-0.39, 0.29) is 0 Å². The lowest BCUT2D eigenvalue weighted by Gasteiger charge is -2.10. The van der Waals surface area contributed by atoms with Crippen LogP contribution in [0.5, 0.6) is 0 Å². The van der Waals surface area contributed by atoms with E-state index >= 15 is 0 Å². The summed E-state index contributed by atoms with van der Waals surface area (Å²) >= 11 is 0. The smallest absolute Gasteiger partial charge is 0.143 e. The Bertz CT molecular complexity index is 3090. The molecule has 0 amide bonds. The van der Waals surface area contributed by atoms with Crippen LogP contribution in [0.25, 0.3) is 88.0 Å². The largest absolute Gasteiger partial charge is 0.455 e. The van der Waals surface area contributed by atoms with E-state index in [1.807, 2.05) is 36.4 Å². The second kappa shape index (κ2) is 13.9. The lowest BCUT2D eigenvalue weighted by Crippen LogP contribution is -1.90. The summed E-state index contributed by atoms with van der Waals surface area (Å²) in [4.78, 5) is 0. The minimum Gasteiger partial charge on any atom is -0.455 e. The zero-order chi connectivity index (χ0) is 36.6. The number of hydrogen-bond acceptors (Lipinski definition) is 3. The molecule has 2 heterocycles. The van der Waals surface area contributed by atoms with E-state index in [9.17, 15) is 0 Å². The molecule has 260 valence electrons. The van der Waals surface area contributed by atoms with Gasteiger partial charge in [0, 0.05) is 44.0 Å². The summed E-state index contributed by atoms with van der Waals surface area (Å²) in [6, 6.07) is 71.6. The molecule has 0 bridgehead atoms. The van der Waals surface area contributed by atoms with Crippen LogP contribution in [0.4, 0.5) is 11.4 Å². The number of rotatable bonds is 5. The Morgan fingerprint density at radius 3 is 1.25 bits per heavy atom. The molecule has 0 fully saturated rings. The highest BCUT2D eigenvalue weighted by Crippen LogP contribution is 2.37. The van der Waals surface area contributed by atoms with Crippen molar-refractivity contribution in [2.24, 2.45) is 0 Å². The van der Waals surface area contributed by atoms with Gasteiger partial charge in [-0.3, -0.25) is 0 Å². The van der Waals surface area contributed by atoms with Gasteiger partial charge in [0.1, 0.15) is 22.3 Å². The van der Waals surface area contributed by atoms with Crippen molar-refractivity contribution in [2.75, 3.05) is 5.32 Å². The molecule has 0 atom stereocenters. The average molecular weight is 706 g/mol. The summed E-state index contributed by atoms with van der Waals surface area (Å²) in [6.07, 6.45) is 0. The molecule has 9 aromatic carbocycles. The van der Waals surface area contributed by atoms with Gasteiger partial charge in [0.15, 0.2) is 0 Å². The van der Waals surface area contributed by atoms with Crippen molar-refractivity contribution >= 4 is 66.0 Å². The zero-order valence-corrected chi connectivity index (χ0v) is 29.9. The normalized spacial score (nSPS) is 11.3. The number of furan rings is 2. The minimum atomic E-state index is 0.921. The van der Waals surface area contributed by atoms with Crippen LogP contribution >= 0.6 is 0 Å². The van der Waals surface area contributed by atoms with E-state index in [1.165, 1.54) is 38.2 Å². The van der Waals surface area contributed by atoms with E-state index in [2.05, 4.69) is 175 Å². The van der Waals surface area contributed by atoms with Gasteiger partial charge < -0.3 is 14.2 Å². The lowest BCUT2D eigenvalue weighted by atomic mass is 9.98. The van der Waals surface area contributed by atoms with Crippen LogP contribution in [0.2, 0.25) is 0 Å². The van der Waals surface area contributed by atoms with Crippen LogP contribution in [0.3, 0.4) is 0 Å². The molecule has 11 aromatic rings. The topological polar surface area (TPSA) is 38.3 Å². The van der Waals surface area contributed by atoms with Gasteiger partial charge in [0.05, 0.1) is 0 Å². The van der Waals surface area contributed by atoms with E-state index in [4.69, 9.17) is 8.83 Å². The van der Waals surface area contributed by atoms with Gasteiger partial charge in [-0.25, -0.2) is 0 Å². The number of para-hydroxylation sites is 4. The van der Waals surface area contributed by atoms with Crippen molar-refractivity contribution in [2.45, 2.75) is 0 Å². The van der Waals surface area contributed by atoms with Crippen molar-refractivity contribution < 1.29 is 8.83 Å². The molecule has 0 saturated carbocycles. The van der Waals surface area contributed by atoms with Crippen molar-refractivity contribution in [3.05, 3.63) is 206 Å². The molecule has 0 aliphatic rings. The monoisotopic (exact) mass is 705 g/mol. The molecular formula is C52H35NO2. The maximum atomic E-state index is 6.22. The van der Waals surface area contributed by atoms with Crippen LogP contribution in [0.15, 0.2) is 215 Å². The molecule has 55 heavy (non-hydrogen) atoms. The molecule has 0 saturated heterocycles. The van der Waals surface area contributed by atoms with Crippen molar-refractivity contribution in [3.63, 3.8) is 0 Å². The molecule has 0 unspecified atom stereocenters. The van der Waals surface area contributed by atoms with Crippen molar-refractivity contribution in [3.8, 4) is 33.4 Å². The van der Waals surface area contributed by atoms with Gasteiger partial charge >= 0.3 is 0 Å².